The van der Waals surface area contributed by atoms with Gasteiger partial charge in [0.25, 0.3) is 0 Å². The monoisotopic (exact) mass is 366 g/mol. The van der Waals surface area contributed by atoms with Crippen molar-refractivity contribution in [2.24, 2.45) is 5.92 Å². The number of aliphatic carboxylic acids is 4. The first kappa shape index (κ1) is 30.1. The van der Waals surface area contributed by atoms with Crippen molar-refractivity contribution < 1.29 is 49.2 Å². The maximum atomic E-state index is 9.81. The van der Waals surface area contributed by atoms with E-state index in [2.05, 4.69) is 0 Å². The van der Waals surface area contributed by atoms with Crippen molar-refractivity contribution in [2.75, 3.05) is 0 Å². The summed E-state index contributed by atoms with van der Waals surface area (Å²) in [6.45, 7) is 7.61. The lowest BCUT2D eigenvalue weighted by molar-refractivity contribution is -0.148. The summed E-state index contributed by atoms with van der Waals surface area (Å²) in [5, 5.41) is 31.3. The van der Waals surface area contributed by atoms with Crippen LogP contribution < -0.4 is 0 Å². The highest BCUT2D eigenvalue weighted by Crippen LogP contribution is 1.96. The summed E-state index contributed by atoms with van der Waals surface area (Å²) in [5.74, 6) is -5.56. The third kappa shape index (κ3) is 52.5. The van der Waals surface area contributed by atoms with Gasteiger partial charge >= 0.3 is 23.9 Å². The molecule has 0 saturated heterocycles. The second-order valence-electron chi connectivity index (χ2n) is 4.86. The van der Waals surface area contributed by atoms with Crippen LogP contribution in [0, 0.1) is 5.92 Å². The molecule has 0 spiro atoms. The Hall–Kier alpha value is -2.78. The molecule has 0 unspecified atom stereocenters. The van der Waals surface area contributed by atoms with E-state index in [0.29, 0.717) is 6.42 Å². The van der Waals surface area contributed by atoms with Gasteiger partial charge in [0.1, 0.15) is 0 Å². The first-order valence-electron chi connectivity index (χ1n) is 7.10. The summed E-state index contributed by atoms with van der Waals surface area (Å²) in [6, 6.07) is 0. The van der Waals surface area contributed by atoms with E-state index in [1.54, 1.807) is 0 Å². The highest BCUT2D eigenvalue weighted by atomic mass is 16.4. The quantitative estimate of drug-likeness (QED) is 0.500. The Morgan fingerprint density at radius 1 is 0.720 bits per heavy atom. The number of hydrogen-bond acceptors (Lipinski definition) is 6. The fourth-order valence-corrected chi connectivity index (χ4v) is 0.563. The summed E-state index contributed by atoms with van der Waals surface area (Å²) >= 11 is 0. The van der Waals surface area contributed by atoms with Crippen molar-refractivity contribution in [2.45, 2.75) is 53.9 Å². The molecule has 0 aromatic rings. The topological polar surface area (TPSA) is 183 Å². The van der Waals surface area contributed by atoms with Gasteiger partial charge in [-0.05, 0) is 12.3 Å². The Kier molecular flexibility index (Phi) is 23.2. The fraction of sp³-hybridized carbons (Fsp3) is 0.600. The van der Waals surface area contributed by atoms with E-state index in [1.165, 1.54) is 0 Å². The first-order valence-corrected chi connectivity index (χ1v) is 7.10. The molecule has 0 radical (unpaired) electrons. The molecule has 10 heteroatoms. The minimum atomic E-state index is -1.38. The van der Waals surface area contributed by atoms with Crippen molar-refractivity contribution in [1.82, 2.24) is 0 Å². The lowest BCUT2D eigenvalue weighted by atomic mass is 10.1. The molecule has 0 aliphatic rings. The molecule has 0 heterocycles. The van der Waals surface area contributed by atoms with Crippen molar-refractivity contribution in [3.8, 4) is 0 Å². The van der Waals surface area contributed by atoms with Crippen molar-refractivity contribution in [3.63, 3.8) is 0 Å². The molecular weight excluding hydrogens is 340 g/mol. The molecule has 0 aliphatic carbocycles. The van der Waals surface area contributed by atoms with Crippen LogP contribution in [0.5, 0.6) is 0 Å². The van der Waals surface area contributed by atoms with E-state index in [9.17, 15) is 28.8 Å². The molecule has 0 aromatic heterocycles. The zero-order valence-corrected chi connectivity index (χ0v) is 14.9. The molecule has 10 nitrogen and oxygen atoms in total. The van der Waals surface area contributed by atoms with Crippen LogP contribution in [-0.4, -0.2) is 55.9 Å². The van der Waals surface area contributed by atoms with Gasteiger partial charge in [0.2, 0.25) is 11.6 Å². The minimum Gasteiger partial charge on any atom is -0.481 e. The normalized spacial score (nSPS) is 8.24. The summed E-state index contributed by atoms with van der Waals surface area (Å²) in [6.07, 6.45) is 1.30. The lowest BCUT2D eigenvalue weighted by Crippen LogP contribution is -2.05. The Morgan fingerprint density at radius 3 is 1.00 bits per heavy atom. The molecule has 0 aromatic carbocycles. The number of carboxylic acid groups (broad SMARTS) is 4. The zero-order valence-electron chi connectivity index (χ0n) is 14.9. The smallest absolute Gasteiger partial charge is 0.371 e. The minimum absolute atomic E-state index is 0.275. The SMILES string of the molecule is CC(=O)C(=O)O.CC(=O)C(=O)O.CC(C)CC(=O)O.CCCC(=O)O. The average Bonchev–Trinajstić information content (AvgIpc) is 2.38. The first-order chi connectivity index (χ1) is 11.2. The van der Waals surface area contributed by atoms with Crippen LogP contribution in [0.25, 0.3) is 0 Å². The second kappa shape index (κ2) is 19.3. The molecule has 0 saturated carbocycles. The molecular formula is C15H26O10. The number of carbonyl (C=O) groups is 6. The van der Waals surface area contributed by atoms with Crippen LogP contribution in [0.3, 0.4) is 0 Å². The predicted molar refractivity (Wildman–Crippen MR) is 86.3 cm³/mol. The van der Waals surface area contributed by atoms with E-state index in [0.717, 1.165) is 20.3 Å². The molecule has 0 bridgehead atoms. The van der Waals surface area contributed by atoms with E-state index >= 15 is 0 Å². The van der Waals surface area contributed by atoms with Crippen molar-refractivity contribution in [1.29, 1.82) is 0 Å². The Labute approximate surface area is 145 Å². The van der Waals surface area contributed by atoms with Gasteiger partial charge in [-0.2, -0.15) is 0 Å². The van der Waals surface area contributed by atoms with Gasteiger partial charge in [0.15, 0.2) is 0 Å². The van der Waals surface area contributed by atoms with Gasteiger partial charge in [-0.3, -0.25) is 19.2 Å². The molecule has 0 rings (SSSR count). The molecule has 4 N–H and O–H groups in total. The number of carbonyl (C=O) groups excluding carboxylic acids is 2. The maximum absolute atomic E-state index is 9.81. The molecule has 0 fully saturated rings. The van der Waals surface area contributed by atoms with Crippen LogP contribution in [0.2, 0.25) is 0 Å². The maximum Gasteiger partial charge on any atom is 0.371 e. The highest BCUT2D eigenvalue weighted by molar-refractivity contribution is 6.31. The third-order valence-electron chi connectivity index (χ3n) is 1.65. The van der Waals surface area contributed by atoms with Crippen LogP contribution in [-0.2, 0) is 28.8 Å². The average molecular weight is 366 g/mol. The number of Topliss-reactive ketones (excluding diaryl/α,β-unsaturated/α-hetero) is 2. The van der Waals surface area contributed by atoms with E-state index in [1.807, 2.05) is 20.8 Å². The number of rotatable bonds is 6. The van der Waals surface area contributed by atoms with E-state index in [4.69, 9.17) is 20.4 Å². The fourth-order valence-electron chi connectivity index (χ4n) is 0.563. The lowest BCUT2D eigenvalue weighted by Gasteiger charge is -1.94. The van der Waals surface area contributed by atoms with E-state index in [-0.39, 0.29) is 12.3 Å². The van der Waals surface area contributed by atoms with Crippen molar-refractivity contribution in [3.05, 3.63) is 0 Å². The molecule has 0 amide bonds. The zero-order chi connectivity index (χ0) is 21.2. The van der Waals surface area contributed by atoms with Crippen LogP contribution in [0.1, 0.15) is 53.9 Å². The number of carboxylic acids is 4. The van der Waals surface area contributed by atoms with Gasteiger partial charge in [0, 0.05) is 26.7 Å². The summed E-state index contributed by atoms with van der Waals surface area (Å²) < 4.78 is 0. The molecule has 25 heavy (non-hydrogen) atoms. The van der Waals surface area contributed by atoms with Gasteiger partial charge in [-0.25, -0.2) is 9.59 Å². The number of ketones is 2. The predicted octanol–water partition coefficient (Wildman–Crippen LogP) is 1.31. The van der Waals surface area contributed by atoms with Crippen molar-refractivity contribution >= 4 is 35.4 Å². The number of hydrogen-bond donors (Lipinski definition) is 4. The standard InChI is InChI=1S/C5H10O2.C4H8O2.2C3H4O3/c1-4(2)3-5(6)7;1-2-3-4(5)6;2*1-2(4)3(5)6/h4H,3H2,1-2H3,(H,6,7);2-3H2,1H3,(H,5,6);2*1H3,(H,5,6). The van der Waals surface area contributed by atoms with E-state index < -0.39 is 35.4 Å². The summed E-state index contributed by atoms with van der Waals surface area (Å²) in [4.78, 5) is 57.2. The summed E-state index contributed by atoms with van der Waals surface area (Å²) in [7, 11) is 0. The van der Waals surface area contributed by atoms with Gasteiger partial charge < -0.3 is 20.4 Å². The van der Waals surface area contributed by atoms with Crippen LogP contribution in [0.15, 0.2) is 0 Å². The second-order valence-corrected chi connectivity index (χ2v) is 4.86. The van der Waals surface area contributed by atoms with Gasteiger partial charge in [-0.1, -0.05) is 20.8 Å². The molecule has 0 atom stereocenters. The van der Waals surface area contributed by atoms with Crippen LogP contribution >= 0.6 is 0 Å². The summed E-state index contributed by atoms with van der Waals surface area (Å²) in [5.41, 5.74) is 0. The Bertz CT molecular complexity index is 403. The molecule has 146 valence electrons. The van der Waals surface area contributed by atoms with Crippen LogP contribution in [0.4, 0.5) is 0 Å². The van der Waals surface area contributed by atoms with Gasteiger partial charge in [0.05, 0.1) is 0 Å². The third-order valence-corrected chi connectivity index (χ3v) is 1.65. The van der Waals surface area contributed by atoms with Gasteiger partial charge in [-0.15, -0.1) is 0 Å². The molecule has 0 aliphatic heterocycles. The highest BCUT2D eigenvalue weighted by Gasteiger charge is 1.99. The largest absolute Gasteiger partial charge is 0.481 e. The Morgan fingerprint density at radius 2 is 1.00 bits per heavy atom. The Balaban J connectivity index is -0.000000118.